The Balaban J connectivity index is 1.73. The molecule has 0 aliphatic heterocycles. The SMILES string of the molecule is COCCOC(=O)Nc1cccc(Cc2nn(-c3cnn(C)c3)ccc2=S)c1. The number of ether oxygens (including phenoxy) is 2. The van der Waals surface area contributed by atoms with Gasteiger partial charge in [0.2, 0.25) is 0 Å². The van der Waals surface area contributed by atoms with Gasteiger partial charge in [-0.2, -0.15) is 10.2 Å². The second-order valence-corrected chi connectivity index (χ2v) is 6.51. The van der Waals surface area contributed by atoms with Crippen LogP contribution in [0.15, 0.2) is 48.9 Å². The van der Waals surface area contributed by atoms with Gasteiger partial charge >= 0.3 is 6.09 Å². The molecule has 3 aromatic rings. The average Bonchev–Trinajstić information content (AvgIpc) is 3.10. The molecule has 0 bridgehead atoms. The number of aromatic nitrogens is 4. The van der Waals surface area contributed by atoms with Crippen LogP contribution in [0, 0.1) is 4.51 Å². The van der Waals surface area contributed by atoms with E-state index >= 15 is 0 Å². The van der Waals surface area contributed by atoms with E-state index in [4.69, 9.17) is 21.7 Å². The first-order valence-electron chi connectivity index (χ1n) is 8.64. The van der Waals surface area contributed by atoms with Crippen LogP contribution in [0.4, 0.5) is 10.5 Å². The van der Waals surface area contributed by atoms with Crippen molar-refractivity contribution in [2.24, 2.45) is 7.05 Å². The summed E-state index contributed by atoms with van der Waals surface area (Å²) in [5.41, 5.74) is 3.23. The topological polar surface area (TPSA) is 83.2 Å². The van der Waals surface area contributed by atoms with Gasteiger partial charge in [-0.25, -0.2) is 9.48 Å². The highest BCUT2D eigenvalue weighted by Crippen LogP contribution is 2.15. The number of hydrogen-bond acceptors (Lipinski definition) is 6. The van der Waals surface area contributed by atoms with Gasteiger partial charge in [-0.15, -0.1) is 0 Å². The number of rotatable bonds is 7. The summed E-state index contributed by atoms with van der Waals surface area (Å²) in [6.45, 7) is 0.551. The van der Waals surface area contributed by atoms with E-state index in [1.54, 1.807) is 28.7 Å². The fraction of sp³-hybridized carbons (Fsp3) is 0.263. The van der Waals surface area contributed by atoms with Gasteiger partial charge in [-0.3, -0.25) is 10.00 Å². The molecule has 0 aliphatic rings. The van der Waals surface area contributed by atoms with E-state index in [0.717, 1.165) is 16.9 Å². The predicted octanol–water partition coefficient (Wildman–Crippen LogP) is 3.12. The molecular weight excluding hydrogens is 378 g/mol. The van der Waals surface area contributed by atoms with Crippen molar-refractivity contribution < 1.29 is 14.3 Å². The maximum atomic E-state index is 11.8. The van der Waals surface area contributed by atoms with E-state index in [-0.39, 0.29) is 6.61 Å². The van der Waals surface area contributed by atoms with E-state index in [1.165, 1.54) is 0 Å². The largest absolute Gasteiger partial charge is 0.447 e. The van der Waals surface area contributed by atoms with Gasteiger partial charge in [0.1, 0.15) is 12.3 Å². The summed E-state index contributed by atoms with van der Waals surface area (Å²) in [4.78, 5) is 11.8. The van der Waals surface area contributed by atoms with E-state index in [0.29, 0.717) is 23.2 Å². The quantitative estimate of drug-likeness (QED) is 0.485. The Hall–Kier alpha value is -3.04. The van der Waals surface area contributed by atoms with E-state index in [2.05, 4.69) is 15.5 Å². The van der Waals surface area contributed by atoms with Crippen LogP contribution in [-0.4, -0.2) is 46.0 Å². The minimum absolute atomic E-state index is 0.198. The number of hydrogen-bond donors (Lipinski definition) is 1. The molecule has 3 rings (SSSR count). The second-order valence-electron chi connectivity index (χ2n) is 6.07. The van der Waals surface area contributed by atoms with Gasteiger partial charge in [-0.1, -0.05) is 24.4 Å². The zero-order valence-corrected chi connectivity index (χ0v) is 16.5. The lowest BCUT2D eigenvalue weighted by atomic mass is 10.1. The summed E-state index contributed by atoms with van der Waals surface area (Å²) in [6.07, 6.45) is 5.44. The zero-order valence-electron chi connectivity index (χ0n) is 15.7. The van der Waals surface area contributed by atoms with Crippen molar-refractivity contribution in [2.45, 2.75) is 6.42 Å². The monoisotopic (exact) mass is 399 g/mol. The molecule has 0 atom stereocenters. The van der Waals surface area contributed by atoms with Gasteiger partial charge in [0.25, 0.3) is 0 Å². The van der Waals surface area contributed by atoms with Crippen molar-refractivity contribution in [3.8, 4) is 5.69 Å². The highest BCUT2D eigenvalue weighted by Gasteiger charge is 2.07. The standard InChI is InChI=1S/C19H21N5O3S/c1-23-13-16(12-20-23)24-7-6-18(28)17(22-24)11-14-4-3-5-15(10-14)21-19(25)27-9-8-26-2/h3-7,10,12-13H,8-9,11H2,1-2H3,(H,21,25). The molecule has 1 N–H and O–H groups in total. The molecule has 0 saturated carbocycles. The first-order valence-corrected chi connectivity index (χ1v) is 9.05. The van der Waals surface area contributed by atoms with Gasteiger partial charge in [0.15, 0.2) is 0 Å². The molecule has 28 heavy (non-hydrogen) atoms. The summed E-state index contributed by atoms with van der Waals surface area (Å²) in [7, 11) is 3.40. The first kappa shape index (κ1) is 19.7. The number of nitrogens with one attached hydrogen (secondary N) is 1. The Morgan fingerprint density at radius 1 is 1.29 bits per heavy atom. The van der Waals surface area contributed by atoms with Crippen molar-refractivity contribution in [3.63, 3.8) is 0 Å². The van der Waals surface area contributed by atoms with E-state index in [1.807, 2.05) is 43.7 Å². The van der Waals surface area contributed by atoms with Crippen molar-refractivity contribution >= 4 is 24.0 Å². The van der Waals surface area contributed by atoms with Crippen LogP contribution in [0.2, 0.25) is 0 Å². The van der Waals surface area contributed by atoms with Crippen LogP contribution in [0.25, 0.3) is 5.69 Å². The Morgan fingerprint density at radius 3 is 2.89 bits per heavy atom. The van der Waals surface area contributed by atoms with Crippen LogP contribution in [0.3, 0.4) is 0 Å². The maximum Gasteiger partial charge on any atom is 0.411 e. The third kappa shape index (κ3) is 5.24. The minimum atomic E-state index is -0.523. The summed E-state index contributed by atoms with van der Waals surface area (Å²) in [6, 6.07) is 9.33. The molecule has 2 aromatic heterocycles. The molecule has 0 aliphatic carbocycles. The zero-order chi connectivity index (χ0) is 19.9. The Bertz CT molecular complexity index is 1010. The minimum Gasteiger partial charge on any atom is -0.447 e. The number of carbonyl (C=O) groups is 1. The van der Waals surface area contributed by atoms with Crippen molar-refractivity contribution in [2.75, 3.05) is 25.6 Å². The lowest BCUT2D eigenvalue weighted by Crippen LogP contribution is -2.16. The number of carbonyl (C=O) groups excluding carboxylic acids is 1. The Kier molecular flexibility index (Phi) is 6.51. The predicted molar refractivity (Wildman–Crippen MR) is 107 cm³/mol. The average molecular weight is 399 g/mol. The molecule has 1 aromatic carbocycles. The molecule has 8 nitrogen and oxygen atoms in total. The molecule has 0 fully saturated rings. The molecule has 9 heteroatoms. The van der Waals surface area contributed by atoms with E-state index < -0.39 is 6.09 Å². The summed E-state index contributed by atoms with van der Waals surface area (Å²) in [5.74, 6) is 0. The first-order chi connectivity index (χ1) is 13.5. The molecule has 0 radical (unpaired) electrons. The fourth-order valence-electron chi connectivity index (χ4n) is 2.56. The van der Waals surface area contributed by atoms with Crippen molar-refractivity contribution in [1.29, 1.82) is 0 Å². The molecule has 0 unspecified atom stereocenters. The van der Waals surface area contributed by atoms with Crippen LogP contribution in [0.1, 0.15) is 11.3 Å². The Labute approximate surface area is 167 Å². The number of amides is 1. The fourth-order valence-corrected chi connectivity index (χ4v) is 2.74. The second kappa shape index (κ2) is 9.25. The summed E-state index contributed by atoms with van der Waals surface area (Å²) < 4.78 is 14.0. The third-order valence-electron chi connectivity index (χ3n) is 3.90. The lowest BCUT2D eigenvalue weighted by Gasteiger charge is -2.09. The van der Waals surface area contributed by atoms with Crippen LogP contribution in [-0.2, 0) is 22.9 Å². The molecule has 2 heterocycles. The van der Waals surface area contributed by atoms with E-state index in [9.17, 15) is 4.79 Å². The number of nitrogens with zero attached hydrogens (tertiary/aromatic N) is 4. The van der Waals surface area contributed by atoms with Crippen LogP contribution < -0.4 is 5.32 Å². The van der Waals surface area contributed by atoms with Crippen molar-refractivity contribution in [3.05, 3.63) is 64.7 Å². The summed E-state index contributed by atoms with van der Waals surface area (Å²) in [5, 5.41) is 11.5. The lowest BCUT2D eigenvalue weighted by molar-refractivity contribution is 0.107. The molecule has 0 spiro atoms. The van der Waals surface area contributed by atoms with Crippen LogP contribution >= 0.6 is 12.2 Å². The Morgan fingerprint density at radius 2 is 2.14 bits per heavy atom. The van der Waals surface area contributed by atoms with Gasteiger partial charge in [0.05, 0.1) is 29.2 Å². The number of benzene rings is 1. The molecular formula is C19H21N5O3S. The highest BCUT2D eigenvalue weighted by molar-refractivity contribution is 7.71. The molecule has 1 amide bonds. The molecule has 146 valence electrons. The smallest absolute Gasteiger partial charge is 0.411 e. The molecule has 0 saturated heterocycles. The number of anilines is 1. The van der Waals surface area contributed by atoms with Crippen LogP contribution in [0.5, 0.6) is 0 Å². The van der Waals surface area contributed by atoms with Gasteiger partial charge in [-0.05, 0) is 23.8 Å². The van der Waals surface area contributed by atoms with Crippen molar-refractivity contribution in [1.82, 2.24) is 19.6 Å². The number of methoxy groups -OCH3 is 1. The highest BCUT2D eigenvalue weighted by atomic mass is 32.1. The van der Waals surface area contributed by atoms with Gasteiger partial charge < -0.3 is 9.47 Å². The normalized spacial score (nSPS) is 10.6. The third-order valence-corrected chi connectivity index (χ3v) is 4.27. The van der Waals surface area contributed by atoms with Gasteiger partial charge in [0, 0.05) is 32.5 Å². The summed E-state index contributed by atoms with van der Waals surface area (Å²) >= 11 is 5.43. The number of aryl methyl sites for hydroxylation is 1. The maximum absolute atomic E-state index is 11.8.